The van der Waals surface area contributed by atoms with E-state index >= 15 is 0 Å². The van der Waals surface area contributed by atoms with Gasteiger partial charge >= 0.3 is 0 Å². The van der Waals surface area contributed by atoms with Gasteiger partial charge < -0.3 is 4.90 Å². The third-order valence-corrected chi connectivity index (χ3v) is 13.7. The Morgan fingerprint density at radius 1 is 0.277 bits per heavy atom. The molecule has 0 saturated heterocycles. The van der Waals surface area contributed by atoms with E-state index in [2.05, 4.69) is 267 Å². The average Bonchev–Trinajstić information content (AvgIpc) is 3.65. The maximum atomic E-state index is 2.50. The predicted molar refractivity (Wildman–Crippen MR) is 275 cm³/mol. The Morgan fingerprint density at radius 3 is 1.34 bits per heavy atom. The number of rotatable bonds is 8. The minimum atomic E-state index is -0.358. The number of nitrogens with zero attached hydrogens (tertiary/aromatic N) is 1. The van der Waals surface area contributed by atoms with Gasteiger partial charge in [-0.3, -0.25) is 0 Å². The molecule has 0 aliphatic heterocycles. The second-order valence-corrected chi connectivity index (χ2v) is 17.4. The van der Waals surface area contributed by atoms with Crippen molar-refractivity contribution in [1.82, 2.24) is 0 Å². The van der Waals surface area contributed by atoms with Gasteiger partial charge in [0.15, 0.2) is 0 Å². The molecule has 0 heterocycles. The molecule has 1 aliphatic rings. The van der Waals surface area contributed by atoms with E-state index in [-0.39, 0.29) is 5.41 Å². The molecule has 1 nitrogen and oxygen atoms in total. The summed E-state index contributed by atoms with van der Waals surface area (Å²) in [5.41, 5.74) is 19.0. The molecule has 306 valence electrons. The molecule has 12 rings (SSSR count). The fourth-order valence-corrected chi connectivity index (χ4v) is 10.6. The molecule has 0 bridgehead atoms. The van der Waals surface area contributed by atoms with Crippen molar-refractivity contribution in [2.24, 2.45) is 0 Å². The van der Waals surface area contributed by atoms with Gasteiger partial charge in [-0.25, -0.2) is 0 Å². The molecule has 65 heavy (non-hydrogen) atoms. The van der Waals surface area contributed by atoms with E-state index in [0.717, 1.165) is 28.2 Å². The van der Waals surface area contributed by atoms with Gasteiger partial charge in [0.25, 0.3) is 0 Å². The van der Waals surface area contributed by atoms with E-state index in [1.165, 1.54) is 82.7 Å². The molecule has 11 aromatic rings. The molecular weight excluding hydrogens is 783 g/mol. The Morgan fingerprint density at radius 2 is 0.723 bits per heavy atom. The first-order valence-electron chi connectivity index (χ1n) is 22.6. The summed E-state index contributed by atoms with van der Waals surface area (Å²) in [5.74, 6) is 0. The molecule has 1 heteroatoms. The van der Waals surface area contributed by atoms with Crippen LogP contribution in [0.1, 0.15) is 23.6 Å². The van der Waals surface area contributed by atoms with Crippen molar-refractivity contribution >= 4 is 38.6 Å². The summed E-state index contributed by atoms with van der Waals surface area (Å²) < 4.78 is 0. The van der Waals surface area contributed by atoms with Crippen LogP contribution < -0.4 is 4.90 Å². The van der Waals surface area contributed by atoms with Gasteiger partial charge in [0.1, 0.15) is 0 Å². The SMILES string of the molecule is CC1(c2ccccc2)c2ccccc2-c2ccc(N(c3cc(-c4ccccc4)cc(-c4ccccc4)c3)c3ccc4c(c3)c(-c3ccccc3)c(-c3ccccc3)c3ccccc34)cc21. The van der Waals surface area contributed by atoms with E-state index < -0.39 is 0 Å². The summed E-state index contributed by atoms with van der Waals surface area (Å²) in [4.78, 5) is 2.50. The van der Waals surface area contributed by atoms with Crippen LogP contribution in [-0.4, -0.2) is 0 Å². The molecule has 1 unspecified atom stereocenters. The van der Waals surface area contributed by atoms with Crippen LogP contribution in [0.4, 0.5) is 17.1 Å². The Labute approximate surface area is 381 Å². The van der Waals surface area contributed by atoms with Gasteiger partial charge in [-0.2, -0.15) is 0 Å². The second-order valence-electron chi connectivity index (χ2n) is 17.4. The smallest absolute Gasteiger partial charge is 0.0473 e. The van der Waals surface area contributed by atoms with Crippen molar-refractivity contribution in [2.75, 3.05) is 4.90 Å². The van der Waals surface area contributed by atoms with Crippen molar-refractivity contribution in [3.05, 3.63) is 271 Å². The standard InChI is InChI=1S/C64H45N/c1-64(50-29-15-6-16-30-50)60-34-20-19-32-56(60)57-38-36-52(43-61(57)64)65(53-40-48(44-21-7-2-8-22-44)39-49(41-53)45-23-9-3-10-24-45)51-35-37-55-54-31-17-18-33-58(54)62(46-25-11-4-12-26-46)63(59(55)42-51)47-27-13-5-14-28-47/h2-43H,1H3. The van der Waals surface area contributed by atoms with Gasteiger partial charge in [0.2, 0.25) is 0 Å². The van der Waals surface area contributed by atoms with E-state index in [1.807, 2.05) is 0 Å². The molecular formula is C64H45N. The minimum Gasteiger partial charge on any atom is -0.310 e. The molecule has 0 fully saturated rings. The minimum absolute atomic E-state index is 0.358. The highest BCUT2D eigenvalue weighted by atomic mass is 15.1. The van der Waals surface area contributed by atoms with E-state index in [1.54, 1.807) is 0 Å². The lowest BCUT2D eigenvalue weighted by Crippen LogP contribution is -2.22. The van der Waals surface area contributed by atoms with Crippen molar-refractivity contribution in [2.45, 2.75) is 12.3 Å². The topological polar surface area (TPSA) is 3.24 Å². The Balaban J connectivity index is 1.18. The second kappa shape index (κ2) is 15.8. The Kier molecular flexibility index (Phi) is 9.35. The van der Waals surface area contributed by atoms with Gasteiger partial charge in [0.05, 0.1) is 0 Å². The zero-order valence-electron chi connectivity index (χ0n) is 36.2. The van der Waals surface area contributed by atoms with Crippen LogP contribution in [0.5, 0.6) is 0 Å². The Bertz CT molecular complexity index is 3470. The number of hydrogen-bond acceptors (Lipinski definition) is 1. The van der Waals surface area contributed by atoms with Crippen LogP contribution in [0.15, 0.2) is 255 Å². The van der Waals surface area contributed by atoms with Crippen LogP contribution in [0, 0.1) is 0 Å². The summed E-state index contributed by atoms with van der Waals surface area (Å²) in [5, 5.41) is 4.93. The van der Waals surface area contributed by atoms with Crippen molar-refractivity contribution < 1.29 is 0 Å². The first-order chi connectivity index (χ1) is 32.1. The van der Waals surface area contributed by atoms with Crippen LogP contribution in [0.2, 0.25) is 0 Å². The zero-order valence-corrected chi connectivity index (χ0v) is 36.2. The first-order valence-corrected chi connectivity index (χ1v) is 22.6. The summed E-state index contributed by atoms with van der Waals surface area (Å²) in [6.07, 6.45) is 0. The van der Waals surface area contributed by atoms with Gasteiger partial charge in [-0.1, -0.05) is 212 Å². The van der Waals surface area contributed by atoms with E-state index in [9.17, 15) is 0 Å². The van der Waals surface area contributed by atoms with Crippen LogP contribution in [-0.2, 0) is 5.41 Å². The summed E-state index contributed by atoms with van der Waals surface area (Å²) in [7, 11) is 0. The number of fused-ring (bicyclic) bond motifs is 6. The maximum Gasteiger partial charge on any atom is 0.0473 e. The zero-order chi connectivity index (χ0) is 43.3. The highest BCUT2D eigenvalue weighted by Gasteiger charge is 2.41. The van der Waals surface area contributed by atoms with Gasteiger partial charge in [0, 0.05) is 22.5 Å². The first kappa shape index (κ1) is 38.4. The van der Waals surface area contributed by atoms with Crippen LogP contribution in [0.25, 0.3) is 77.2 Å². The molecule has 0 amide bonds. The van der Waals surface area contributed by atoms with Crippen molar-refractivity contribution in [3.63, 3.8) is 0 Å². The quantitative estimate of drug-likeness (QED) is 0.138. The van der Waals surface area contributed by atoms with Gasteiger partial charge in [-0.15, -0.1) is 0 Å². The largest absolute Gasteiger partial charge is 0.310 e. The average molecular weight is 828 g/mol. The lowest BCUT2D eigenvalue weighted by Gasteiger charge is -2.31. The monoisotopic (exact) mass is 827 g/mol. The summed E-state index contributed by atoms with van der Waals surface area (Å²) in [6, 6.07) is 93.8. The fourth-order valence-electron chi connectivity index (χ4n) is 10.6. The Hall–Kier alpha value is -8.26. The third-order valence-electron chi connectivity index (χ3n) is 13.7. The number of benzene rings is 11. The third kappa shape index (κ3) is 6.47. The molecule has 0 aromatic heterocycles. The highest BCUT2D eigenvalue weighted by molar-refractivity contribution is 6.22. The van der Waals surface area contributed by atoms with Gasteiger partial charge in [-0.05, 0) is 143 Å². The van der Waals surface area contributed by atoms with E-state index in [0.29, 0.717) is 0 Å². The molecule has 0 N–H and O–H groups in total. The molecule has 1 atom stereocenters. The molecule has 1 aliphatic carbocycles. The lowest BCUT2D eigenvalue weighted by molar-refractivity contribution is 0.714. The predicted octanol–water partition coefficient (Wildman–Crippen LogP) is 17.5. The highest BCUT2D eigenvalue weighted by Crippen LogP contribution is 2.54. The number of hydrogen-bond donors (Lipinski definition) is 0. The molecule has 0 radical (unpaired) electrons. The van der Waals surface area contributed by atoms with Crippen LogP contribution >= 0.6 is 0 Å². The lowest BCUT2D eigenvalue weighted by atomic mass is 9.74. The van der Waals surface area contributed by atoms with E-state index in [4.69, 9.17) is 0 Å². The van der Waals surface area contributed by atoms with Crippen molar-refractivity contribution in [1.29, 1.82) is 0 Å². The van der Waals surface area contributed by atoms with Crippen LogP contribution in [0.3, 0.4) is 0 Å². The summed E-state index contributed by atoms with van der Waals surface area (Å²) >= 11 is 0. The fraction of sp³-hybridized carbons (Fsp3) is 0.0312. The normalized spacial score (nSPS) is 14.0. The molecule has 0 spiro atoms. The number of anilines is 3. The summed E-state index contributed by atoms with van der Waals surface area (Å²) in [6.45, 7) is 2.41. The van der Waals surface area contributed by atoms with Crippen molar-refractivity contribution in [3.8, 4) is 55.6 Å². The molecule has 0 saturated carbocycles. The maximum absolute atomic E-state index is 2.50. The molecule has 11 aromatic carbocycles.